The van der Waals surface area contributed by atoms with E-state index in [1.807, 2.05) is 19.1 Å². The van der Waals surface area contributed by atoms with Gasteiger partial charge in [0.2, 0.25) is 16.0 Å². The van der Waals surface area contributed by atoms with Gasteiger partial charge in [-0.05, 0) is 37.6 Å². The Hall–Kier alpha value is -4.13. The first kappa shape index (κ1) is 26.9. The van der Waals surface area contributed by atoms with Crippen LogP contribution in [0.3, 0.4) is 0 Å². The highest BCUT2D eigenvalue weighted by molar-refractivity contribution is 7.93. The number of hydrogen-bond acceptors (Lipinski definition) is 9. The van der Waals surface area contributed by atoms with Gasteiger partial charge in [-0.25, -0.2) is 27.8 Å². The van der Waals surface area contributed by atoms with Crippen LogP contribution in [0.1, 0.15) is 38.2 Å². The third-order valence-corrected chi connectivity index (χ3v) is 8.02. The highest BCUT2D eigenvalue weighted by Gasteiger charge is 2.32. The van der Waals surface area contributed by atoms with E-state index in [4.69, 9.17) is 9.47 Å². The number of para-hydroxylation sites is 1. The molecule has 0 amide bonds. The summed E-state index contributed by atoms with van der Waals surface area (Å²) in [7, 11) is -1.08. The highest BCUT2D eigenvalue weighted by atomic mass is 32.2. The molecule has 1 aromatic carbocycles. The van der Waals surface area contributed by atoms with E-state index in [9.17, 15) is 12.8 Å². The Morgan fingerprint density at radius 2 is 1.63 bits per heavy atom. The number of hydrogen-bond donors (Lipinski definition) is 1. The maximum atomic E-state index is 13.5. The van der Waals surface area contributed by atoms with Gasteiger partial charge in [0, 0.05) is 11.6 Å². The summed E-state index contributed by atoms with van der Waals surface area (Å²) in [6.45, 7) is 5.14. The Labute approximate surface area is 220 Å². The van der Waals surface area contributed by atoms with Crippen molar-refractivity contribution in [3.8, 4) is 28.7 Å². The fraction of sp³-hybridized carbons (Fsp3) is 0.320. The third-order valence-electron chi connectivity index (χ3n) is 6.16. The fourth-order valence-corrected chi connectivity index (χ4v) is 5.07. The molecule has 2 atom stereocenters. The van der Waals surface area contributed by atoms with Crippen LogP contribution in [0.5, 0.6) is 11.5 Å². The molecule has 3 aromatic heterocycles. The highest BCUT2D eigenvalue weighted by Crippen LogP contribution is 2.37. The molecule has 11 nitrogen and oxygen atoms in total. The maximum absolute atomic E-state index is 13.5. The molecule has 4 aromatic rings. The molecule has 0 saturated carbocycles. The van der Waals surface area contributed by atoms with E-state index in [1.54, 1.807) is 31.2 Å². The molecule has 0 spiro atoms. The van der Waals surface area contributed by atoms with E-state index in [0.29, 0.717) is 29.3 Å². The molecule has 0 saturated heterocycles. The standard InChI is InChI=1S/C25H28FN7O4S/c1-6-18-9-7-10-19(29-18)24-30-31-25(33(24)22-20(36-4)11-8-12-21(22)37-5)32-38(34,35)16(3)15(2)23-27-13-17(26)14-28-23/h7-16H,6H2,1-5H3,(H,31,32)/t15-,16-/m1/s1. The van der Waals surface area contributed by atoms with E-state index < -0.39 is 27.0 Å². The van der Waals surface area contributed by atoms with Crippen LogP contribution >= 0.6 is 0 Å². The van der Waals surface area contributed by atoms with Crippen molar-refractivity contribution in [1.29, 1.82) is 0 Å². The van der Waals surface area contributed by atoms with Crippen LogP contribution in [0.4, 0.5) is 10.3 Å². The lowest BCUT2D eigenvalue weighted by Gasteiger charge is -2.21. The van der Waals surface area contributed by atoms with Crippen molar-refractivity contribution < 1.29 is 22.3 Å². The number of rotatable bonds is 10. The van der Waals surface area contributed by atoms with Gasteiger partial charge in [-0.1, -0.05) is 26.0 Å². The number of nitrogens with zero attached hydrogens (tertiary/aromatic N) is 6. The molecule has 0 aliphatic rings. The zero-order valence-electron chi connectivity index (χ0n) is 21.6. The molecule has 3 heterocycles. The summed E-state index contributed by atoms with van der Waals surface area (Å²) in [5.41, 5.74) is 1.70. The van der Waals surface area contributed by atoms with Gasteiger partial charge in [-0.3, -0.25) is 9.29 Å². The molecule has 0 aliphatic heterocycles. The van der Waals surface area contributed by atoms with Gasteiger partial charge in [0.1, 0.15) is 28.7 Å². The van der Waals surface area contributed by atoms with Crippen molar-refractivity contribution >= 4 is 16.0 Å². The van der Waals surface area contributed by atoms with Crippen molar-refractivity contribution in [2.75, 3.05) is 18.9 Å². The molecule has 0 radical (unpaired) electrons. The number of sulfonamides is 1. The molecule has 0 fully saturated rings. The summed E-state index contributed by atoms with van der Waals surface area (Å²) in [6.07, 6.45) is 2.69. The number of halogens is 1. The summed E-state index contributed by atoms with van der Waals surface area (Å²) in [4.78, 5) is 12.5. The predicted octanol–water partition coefficient (Wildman–Crippen LogP) is 3.77. The molecule has 13 heteroatoms. The molecule has 0 unspecified atom stereocenters. The Morgan fingerprint density at radius 3 is 2.24 bits per heavy atom. The lowest BCUT2D eigenvalue weighted by molar-refractivity contribution is 0.391. The number of methoxy groups -OCH3 is 2. The van der Waals surface area contributed by atoms with Crippen molar-refractivity contribution in [2.45, 2.75) is 38.4 Å². The van der Waals surface area contributed by atoms with Crippen molar-refractivity contribution in [3.63, 3.8) is 0 Å². The van der Waals surface area contributed by atoms with Gasteiger partial charge in [0.15, 0.2) is 11.6 Å². The normalized spacial score (nSPS) is 13.1. The van der Waals surface area contributed by atoms with Crippen molar-refractivity contribution in [3.05, 3.63) is 66.1 Å². The quantitative estimate of drug-likeness (QED) is 0.318. The predicted molar refractivity (Wildman–Crippen MR) is 139 cm³/mol. The van der Waals surface area contributed by atoms with Crippen LogP contribution in [-0.4, -0.2) is 57.6 Å². The average Bonchev–Trinajstić information content (AvgIpc) is 3.34. The second kappa shape index (κ2) is 11.1. The van der Waals surface area contributed by atoms with Gasteiger partial charge in [0.05, 0.1) is 31.9 Å². The molecule has 200 valence electrons. The van der Waals surface area contributed by atoms with E-state index in [2.05, 4.69) is 29.9 Å². The Morgan fingerprint density at radius 1 is 1.00 bits per heavy atom. The minimum atomic E-state index is -4.07. The minimum Gasteiger partial charge on any atom is -0.494 e. The number of benzene rings is 1. The summed E-state index contributed by atoms with van der Waals surface area (Å²) in [5.74, 6) is -0.0843. The van der Waals surface area contributed by atoms with E-state index in [1.165, 1.54) is 25.7 Å². The van der Waals surface area contributed by atoms with Crippen molar-refractivity contribution in [1.82, 2.24) is 29.7 Å². The zero-order chi connectivity index (χ0) is 27.4. The van der Waals surface area contributed by atoms with Crippen LogP contribution in [0, 0.1) is 5.82 Å². The number of anilines is 1. The van der Waals surface area contributed by atoms with Crippen molar-refractivity contribution in [2.24, 2.45) is 0 Å². The molecule has 1 N–H and O–H groups in total. The second-order valence-corrected chi connectivity index (χ2v) is 10.5. The topological polar surface area (TPSA) is 134 Å². The number of ether oxygens (including phenoxy) is 2. The van der Waals surface area contributed by atoms with Gasteiger partial charge in [0.25, 0.3) is 0 Å². The first-order chi connectivity index (χ1) is 18.2. The van der Waals surface area contributed by atoms with Crippen LogP contribution in [0.2, 0.25) is 0 Å². The number of aryl methyl sites for hydroxylation is 1. The van der Waals surface area contributed by atoms with Crippen LogP contribution in [0.25, 0.3) is 17.2 Å². The minimum absolute atomic E-state index is 0.0921. The summed E-state index contributed by atoms with van der Waals surface area (Å²) >= 11 is 0. The van der Waals surface area contributed by atoms with Crippen LogP contribution in [0.15, 0.2) is 48.8 Å². The monoisotopic (exact) mass is 541 g/mol. The number of pyridine rings is 1. The zero-order valence-corrected chi connectivity index (χ0v) is 22.4. The second-order valence-electron chi connectivity index (χ2n) is 8.46. The van der Waals surface area contributed by atoms with E-state index in [0.717, 1.165) is 18.1 Å². The van der Waals surface area contributed by atoms with Gasteiger partial charge < -0.3 is 9.47 Å². The SMILES string of the molecule is CCc1cccc(-c2nnc(NS(=O)(=O)[C@H](C)[C@@H](C)c3ncc(F)cn3)n2-c2c(OC)cccc2OC)n1. The van der Waals surface area contributed by atoms with Gasteiger partial charge in [-0.2, -0.15) is 0 Å². The molecule has 0 aliphatic carbocycles. The largest absolute Gasteiger partial charge is 0.494 e. The third kappa shape index (κ3) is 5.28. The molecular formula is C25H28FN7O4S. The average molecular weight is 542 g/mol. The Bertz CT molecular complexity index is 1500. The number of aromatic nitrogens is 6. The molecule has 4 rings (SSSR count). The van der Waals surface area contributed by atoms with E-state index in [-0.39, 0.29) is 17.6 Å². The first-order valence-electron chi connectivity index (χ1n) is 11.8. The Kier molecular flexibility index (Phi) is 7.86. The van der Waals surface area contributed by atoms with Crippen LogP contribution < -0.4 is 14.2 Å². The molecular weight excluding hydrogens is 513 g/mol. The van der Waals surface area contributed by atoms with Crippen LogP contribution in [-0.2, 0) is 16.4 Å². The van der Waals surface area contributed by atoms with Gasteiger partial charge >= 0.3 is 0 Å². The fourth-order valence-electron chi connectivity index (χ4n) is 3.84. The molecule has 38 heavy (non-hydrogen) atoms. The smallest absolute Gasteiger partial charge is 0.243 e. The Balaban J connectivity index is 1.84. The summed E-state index contributed by atoms with van der Waals surface area (Å²) in [5, 5.41) is 7.46. The first-order valence-corrected chi connectivity index (χ1v) is 13.4. The lowest BCUT2D eigenvalue weighted by atomic mass is 10.1. The molecule has 0 bridgehead atoms. The van der Waals surface area contributed by atoms with Gasteiger partial charge in [-0.15, -0.1) is 10.2 Å². The van der Waals surface area contributed by atoms with E-state index >= 15 is 0 Å². The number of nitrogens with one attached hydrogen (secondary N) is 1. The lowest BCUT2D eigenvalue weighted by Crippen LogP contribution is -2.31. The summed E-state index contributed by atoms with van der Waals surface area (Å²) in [6, 6.07) is 10.7. The maximum Gasteiger partial charge on any atom is 0.243 e. The summed E-state index contributed by atoms with van der Waals surface area (Å²) < 4.78 is 55.6.